The Balaban J connectivity index is 1.67. The third kappa shape index (κ3) is 8.29. The highest BCUT2D eigenvalue weighted by Gasteiger charge is 2.25. The van der Waals surface area contributed by atoms with Crippen LogP contribution in [0.25, 0.3) is 11.3 Å². The first kappa shape index (κ1) is 29.1. The smallest absolute Gasteiger partial charge is 0.407 e. The second kappa shape index (κ2) is 12.4. The molecule has 0 aliphatic carbocycles. The van der Waals surface area contributed by atoms with Crippen molar-refractivity contribution in [1.29, 1.82) is 0 Å². The number of carbonyl (C=O) groups excluding carboxylic acids is 1. The number of hydrogen-bond donors (Lipinski definition) is 3. The summed E-state index contributed by atoms with van der Waals surface area (Å²) < 4.78 is 60.8. The molecule has 0 saturated carbocycles. The van der Waals surface area contributed by atoms with E-state index < -0.39 is 42.0 Å². The molecule has 1 heterocycles. The topological polar surface area (TPSA) is 88.4 Å². The van der Waals surface area contributed by atoms with Gasteiger partial charge in [0, 0.05) is 30.4 Å². The molecule has 0 bridgehead atoms. The van der Waals surface area contributed by atoms with E-state index in [1.807, 2.05) is 31.2 Å². The number of nitrogens with zero attached hydrogens (tertiary/aromatic N) is 2. The van der Waals surface area contributed by atoms with Crippen molar-refractivity contribution in [3.05, 3.63) is 77.2 Å². The van der Waals surface area contributed by atoms with Gasteiger partial charge in [-0.3, -0.25) is 4.57 Å². The lowest BCUT2D eigenvalue weighted by Crippen LogP contribution is -2.50. The molecule has 3 aromatic rings. The van der Waals surface area contributed by atoms with E-state index in [0.29, 0.717) is 11.0 Å². The van der Waals surface area contributed by atoms with Crippen LogP contribution in [0.1, 0.15) is 44.0 Å². The zero-order valence-electron chi connectivity index (χ0n) is 21.6. The van der Waals surface area contributed by atoms with Crippen LogP contribution in [-0.2, 0) is 17.7 Å². The van der Waals surface area contributed by atoms with Gasteiger partial charge in [0.15, 0.2) is 0 Å². The summed E-state index contributed by atoms with van der Waals surface area (Å²) in [4.78, 5) is 16.1. The molecule has 0 aliphatic rings. The van der Waals surface area contributed by atoms with Gasteiger partial charge >= 0.3 is 12.6 Å². The maximum absolute atomic E-state index is 14.7. The van der Waals surface area contributed by atoms with Crippen LogP contribution in [0, 0.1) is 18.6 Å². The van der Waals surface area contributed by atoms with Crippen LogP contribution in [-0.4, -0.2) is 45.0 Å². The number of aliphatic hydroxyl groups excluding tert-OH is 1. The van der Waals surface area contributed by atoms with E-state index in [4.69, 9.17) is 4.74 Å². The third-order valence-electron chi connectivity index (χ3n) is 5.66. The third-order valence-corrected chi connectivity index (χ3v) is 5.66. The van der Waals surface area contributed by atoms with E-state index in [9.17, 15) is 27.5 Å². The van der Waals surface area contributed by atoms with Crippen LogP contribution < -0.4 is 10.6 Å². The van der Waals surface area contributed by atoms with Crippen LogP contribution in [0.2, 0.25) is 0 Å². The van der Waals surface area contributed by atoms with Gasteiger partial charge in [-0.1, -0.05) is 29.8 Å². The fourth-order valence-electron chi connectivity index (χ4n) is 3.72. The van der Waals surface area contributed by atoms with Gasteiger partial charge in [0.1, 0.15) is 17.2 Å². The lowest BCUT2D eigenvalue weighted by molar-refractivity contribution is 0.0422. The molecule has 0 unspecified atom stereocenters. The number of aryl methyl sites for hydroxylation is 1. The number of alkyl carbamates (subject to hydrolysis) is 1. The Hall–Kier alpha value is -3.44. The van der Waals surface area contributed by atoms with Crippen LogP contribution in [0.3, 0.4) is 0 Å². The summed E-state index contributed by atoms with van der Waals surface area (Å²) in [6.07, 6.45) is 0.359. The summed E-state index contributed by atoms with van der Waals surface area (Å²) in [6, 6.07) is 8.88. The Morgan fingerprint density at radius 1 is 1.13 bits per heavy atom. The Bertz CT molecular complexity index is 1200. The molecule has 0 fully saturated rings. The molecule has 2 atom stereocenters. The van der Waals surface area contributed by atoms with Gasteiger partial charge in [0.25, 0.3) is 0 Å². The molecule has 206 valence electrons. The Labute approximate surface area is 218 Å². The normalized spacial score (nSPS) is 13.4. The Morgan fingerprint density at radius 2 is 1.76 bits per heavy atom. The molecule has 38 heavy (non-hydrogen) atoms. The Morgan fingerprint density at radius 3 is 2.32 bits per heavy atom. The fourth-order valence-corrected chi connectivity index (χ4v) is 3.72. The molecule has 11 heteroatoms. The number of ether oxygens (including phenoxy) is 1. The highest BCUT2D eigenvalue weighted by atomic mass is 19.3. The SMILES string of the molecule is Cc1ccc(C[C@H](NC(=O)OC(C)(C)C)[C@@H](O)CNCc2c(F)cc(-c3cn(C(F)F)cn3)cc2F)cc1. The van der Waals surface area contributed by atoms with E-state index in [2.05, 4.69) is 15.6 Å². The number of amides is 1. The van der Waals surface area contributed by atoms with Crippen molar-refractivity contribution >= 4 is 6.09 Å². The quantitative estimate of drug-likeness (QED) is 0.313. The lowest BCUT2D eigenvalue weighted by atomic mass is 10.00. The predicted molar refractivity (Wildman–Crippen MR) is 135 cm³/mol. The molecule has 0 saturated heterocycles. The monoisotopic (exact) mass is 536 g/mol. The zero-order chi connectivity index (χ0) is 28.0. The summed E-state index contributed by atoms with van der Waals surface area (Å²) in [6.45, 7) is 3.94. The van der Waals surface area contributed by atoms with Gasteiger partial charge in [-0.05, 0) is 51.8 Å². The van der Waals surface area contributed by atoms with E-state index in [-0.39, 0.29) is 29.9 Å². The first-order chi connectivity index (χ1) is 17.8. The second-order valence-electron chi connectivity index (χ2n) is 10.0. The second-order valence-corrected chi connectivity index (χ2v) is 10.0. The van der Waals surface area contributed by atoms with Crippen molar-refractivity contribution < 1.29 is 32.2 Å². The number of benzene rings is 2. The van der Waals surface area contributed by atoms with Gasteiger partial charge in [-0.25, -0.2) is 18.6 Å². The van der Waals surface area contributed by atoms with E-state index in [1.165, 1.54) is 0 Å². The first-order valence-corrected chi connectivity index (χ1v) is 12.1. The maximum atomic E-state index is 14.7. The van der Waals surface area contributed by atoms with Gasteiger partial charge in [0.05, 0.1) is 24.2 Å². The Kier molecular flexibility index (Phi) is 9.50. The van der Waals surface area contributed by atoms with E-state index in [1.54, 1.807) is 20.8 Å². The maximum Gasteiger partial charge on any atom is 0.407 e. The fraction of sp³-hybridized carbons (Fsp3) is 0.407. The summed E-state index contributed by atoms with van der Waals surface area (Å²) in [5.74, 6) is -1.78. The zero-order valence-corrected chi connectivity index (χ0v) is 21.6. The summed E-state index contributed by atoms with van der Waals surface area (Å²) in [5, 5.41) is 16.3. The number of hydrogen-bond acceptors (Lipinski definition) is 5. The van der Waals surface area contributed by atoms with Crippen LogP contribution in [0.15, 0.2) is 48.9 Å². The van der Waals surface area contributed by atoms with Crippen LogP contribution >= 0.6 is 0 Å². The van der Waals surface area contributed by atoms with Crippen molar-refractivity contribution in [2.45, 2.75) is 65.0 Å². The summed E-state index contributed by atoms with van der Waals surface area (Å²) >= 11 is 0. The standard InChI is InChI=1S/C27H32F4N4O3/c1-16-5-7-17(8-6-16)9-22(34-26(37)38-27(2,3)4)24(36)13-32-12-19-20(28)10-18(11-21(19)29)23-14-35(15-33-23)25(30)31/h5-8,10-11,14-15,22,24-25,32,36H,9,12-13H2,1-4H3,(H,34,37)/t22-,24-/m0/s1. The number of nitrogens with one attached hydrogen (secondary N) is 2. The molecule has 0 aliphatic heterocycles. The van der Waals surface area contributed by atoms with Crippen molar-refractivity contribution in [2.75, 3.05) is 6.54 Å². The predicted octanol–water partition coefficient (Wildman–Crippen LogP) is 5.12. The average molecular weight is 537 g/mol. The van der Waals surface area contributed by atoms with Crippen LogP contribution in [0.4, 0.5) is 22.4 Å². The molecule has 3 N–H and O–H groups in total. The van der Waals surface area contributed by atoms with Crippen molar-refractivity contribution in [3.63, 3.8) is 0 Å². The summed E-state index contributed by atoms with van der Waals surface area (Å²) in [5.41, 5.74) is 0.931. The molecule has 1 amide bonds. The minimum atomic E-state index is -2.82. The molecular formula is C27H32F4N4O3. The molecule has 1 aromatic heterocycles. The highest BCUT2D eigenvalue weighted by molar-refractivity contribution is 5.68. The van der Waals surface area contributed by atoms with Crippen LogP contribution in [0.5, 0.6) is 0 Å². The minimum Gasteiger partial charge on any atom is -0.444 e. The van der Waals surface area contributed by atoms with Gasteiger partial charge in [0.2, 0.25) is 0 Å². The van der Waals surface area contributed by atoms with Crippen molar-refractivity contribution in [3.8, 4) is 11.3 Å². The number of imidazole rings is 1. The molecule has 3 rings (SSSR count). The molecule has 7 nitrogen and oxygen atoms in total. The number of rotatable bonds is 10. The minimum absolute atomic E-state index is 0.00481. The average Bonchev–Trinajstić information content (AvgIpc) is 3.31. The molecule has 0 radical (unpaired) electrons. The number of aromatic nitrogens is 2. The number of carbonyl (C=O) groups is 1. The largest absolute Gasteiger partial charge is 0.444 e. The number of alkyl halides is 2. The summed E-state index contributed by atoms with van der Waals surface area (Å²) in [7, 11) is 0. The first-order valence-electron chi connectivity index (χ1n) is 12.1. The van der Waals surface area contributed by atoms with Crippen molar-refractivity contribution in [2.24, 2.45) is 0 Å². The number of halogens is 4. The van der Waals surface area contributed by atoms with Gasteiger partial charge in [-0.2, -0.15) is 8.78 Å². The van der Waals surface area contributed by atoms with Crippen molar-refractivity contribution in [1.82, 2.24) is 20.2 Å². The van der Waals surface area contributed by atoms with E-state index in [0.717, 1.165) is 35.8 Å². The van der Waals surface area contributed by atoms with Gasteiger partial charge < -0.3 is 20.5 Å². The number of aliphatic hydroxyl groups is 1. The van der Waals surface area contributed by atoms with E-state index >= 15 is 0 Å². The molecule has 0 spiro atoms. The highest BCUT2D eigenvalue weighted by Crippen LogP contribution is 2.24. The lowest BCUT2D eigenvalue weighted by Gasteiger charge is -2.27. The molecular weight excluding hydrogens is 504 g/mol. The molecule has 2 aromatic carbocycles. The van der Waals surface area contributed by atoms with Gasteiger partial charge in [-0.15, -0.1) is 0 Å².